The Balaban J connectivity index is 2.55. The molecule has 0 unspecified atom stereocenters. The number of halogens is 3. The van der Waals surface area contributed by atoms with E-state index in [-0.39, 0.29) is 6.42 Å². The van der Waals surface area contributed by atoms with Crippen molar-refractivity contribution in [1.29, 1.82) is 0 Å². The molecular weight excluding hydrogens is 159 g/mol. The maximum absolute atomic E-state index is 12.0. The number of hydrogen-bond donors (Lipinski definition) is 2. The summed E-state index contributed by atoms with van der Waals surface area (Å²) in [7, 11) is 0. The summed E-state index contributed by atoms with van der Waals surface area (Å²) in [5.74, 6) is 0. The molecule has 0 saturated carbocycles. The fraction of sp³-hybridized carbons (Fsp3) is 1.00. The van der Waals surface area contributed by atoms with Crippen LogP contribution in [0.2, 0.25) is 0 Å². The fourth-order valence-electron chi connectivity index (χ4n) is 1.21. The van der Waals surface area contributed by atoms with Crippen LogP contribution in [0.1, 0.15) is 12.8 Å². The van der Waals surface area contributed by atoms with Crippen molar-refractivity contribution in [1.82, 2.24) is 5.32 Å². The molecule has 0 aromatic carbocycles. The lowest BCUT2D eigenvalue weighted by molar-refractivity contribution is -0.182. The quantitative estimate of drug-likeness (QED) is 0.558. The summed E-state index contributed by atoms with van der Waals surface area (Å²) >= 11 is 0. The number of rotatable bonds is 0. The summed E-state index contributed by atoms with van der Waals surface area (Å²) in [4.78, 5) is 0. The van der Waals surface area contributed by atoms with Gasteiger partial charge in [-0.25, -0.2) is 0 Å². The third kappa shape index (κ3) is 2.07. The highest BCUT2D eigenvalue weighted by atomic mass is 19.4. The van der Waals surface area contributed by atoms with E-state index in [1.165, 1.54) is 0 Å². The van der Waals surface area contributed by atoms with E-state index in [1.54, 1.807) is 0 Å². The van der Waals surface area contributed by atoms with Gasteiger partial charge >= 0.3 is 6.18 Å². The van der Waals surface area contributed by atoms with E-state index in [0.717, 1.165) is 0 Å². The predicted octanol–water partition coefficient (Wildman–Crippen LogP) is 0.662. The lowest BCUT2D eigenvalue weighted by Crippen LogP contribution is -2.53. The van der Waals surface area contributed by atoms with Crippen molar-refractivity contribution < 1.29 is 18.3 Å². The van der Waals surface area contributed by atoms with Crippen LogP contribution in [-0.2, 0) is 0 Å². The summed E-state index contributed by atoms with van der Waals surface area (Å²) in [5.41, 5.74) is 0. The molecule has 66 valence electrons. The first-order chi connectivity index (χ1) is 5.02. The van der Waals surface area contributed by atoms with Crippen LogP contribution in [0.3, 0.4) is 0 Å². The molecule has 0 aliphatic carbocycles. The third-order valence-corrected chi connectivity index (χ3v) is 1.78. The van der Waals surface area contributed by atoms with Crippen LogP contribution in [0, 0.1) is 0 Å². The van der Waals surface area contributed by atoms with Crippen molar-refractivity contribution in [2.45, 2.75) is 31.2 Å². The minimum Gasteiger partial charge on any atom is -0.391 e. The number of aliphatic hydroxyl groups is 1. The molecule has 0 aromatic rings. The van der Waals surface area contributed by atoms with E-state index in [9.17, 15) is 13.2 Å². The highest BCUT2D eigenvalue weighted by molar-refractivity contribution is 4.86. The maximum Gasteiger partial charge on any atom is 0.406 e. The molecule has 0 radical (unpaired) electrons. The van der Waals surface area contributed by atoms with Crippen molar-refractivity contribution in [2.24, 2.45) is 0 Å². The van der Waals surface area contributed by atoms with Crippen molar-refractivity contribution in [3.05, 3.63) is 0 Å². The van der Waals surface area contributed by atoms with Gasteiger partial charge in [0.15, 0.2) is 0 Å². The Morgan fingerprint density at radius 2 is 2.00 bits per heavy atom. The van der Waals surface area contributed by atoms with Gasteiger partial charge < -0.3 is 10.4 Å². The molecule has 5 heteroatoms. The van der Waals surface area contributed by atoms with Gasteiger partial charge in [-0.05, 0) is 19.4 Å². The molecular formula is C6H10F3NO. The van der Waals surface area contributed by atoms with E-state index in [2.05, 4.69) is 5.32 Å². The molecule has 2 N–H and O–H groups in total. The molecule has 1 saturated heterocycles. The topological polar surface area (TPSA) is 32.3 Å². The minimum atomic E-state index is -4.32. The summed E-state index contributed by atoms with van der Waals surface area (Å²) in [5, 5.41) is 11.2. The van der Waals surface area contributed by atoms with Gasteiger partial charge in [-0.2, -0.15) is 13.2 Å². The second kappa shape index (κ2) is 2.98. The molecule has 0 bridgehead atoms. The zero-order valence-electron chi connectivity index (χ0n) is 5.86. The Labute approximate surface area is 62.4 Å². The molecule has 2 nitrogen and oxygen atoms in total. The second-order valence-corrected chi connectivity index (χ2v) is 2.68. The average Bonchev–Trinajstić information content (AvgIpc) is 1.86. The highest BCUT2D eigenvalue weighted by Crippen LogP contribution is 2.26. The summed E-state index contributed by atoms with van der Waals surface area (Å²) in [6.45, 7) is 0.335. The number of hydrogen-bond acceptors (Lipinski definition) is 2. The number of piperidine rings is 1. The molecule has 1 heterocycles. The first-order valence-electron chi connectivity index (χ1n) is 3.50. The normalized spacial score (nSPS) is 33.8. The molecule has 2 atom stereocenters. The molecule has 11 heavy (non-hydrogen) atoms. The van der Waals surface area contributed by atoms with E-state index in [0.29, 0.717) is 13.0 Å². The SMILES string of the molecule is O[C@H]1CCCN[C@@H]1C(F)(F)F. The molecule has 1 fully saturated rings. The Morgan fingerprint density at radius 1 is 1.36 bits per heavy atom. The van der Waals surface area contributed by atoms with Crippen LogP contribution < -0.4 is 5.32 Å². The van der Waals surface area contributed by atoms with Crippen LogP contribution in [0.5, 0.6) is 0 Å². The first kappa shape index (κ1) is 8.80. The van der Waals surface area contributed by atoms with Gasteiger partial charge in [0.2, 0.25) is 0 Å². The molecule has 1 rings (SSSR count). The number of aliphatic hydroxyl groups excluding tert-OH is 1. The van der Waals surface area contributed by atoms with Crippen LogP contribution in [0.15, 0.2) is 0 Å². The zero-order chi connectivity index (χ0) is 8.48. The Morgan fingerprint density at radius 3 is 2.36 bits per heavy atom. The molecule has 0 spiro atoms. The van der Waals surface area contributed by atoms with Crippen LogP contribution >= 0.6 is 0 Å². The average molecular weight is 169 g/mol. The number of alkyl halides is 3. The smallest absolute Gasteiger partial charge is 0.391 e. The van der Waals surface area contributed by atoms with E-state index < -0.39 is 18.3 Å². The Bertz CT molecular complexity index is 136. The van der Waals surface area contributed by atoms with Gasteiger partial charge in [0.1, 0.15) is 6.04 Å². The van der Waals surface area contributed by atoms with Gasteiger partial charge in [-0.15, -0.1) is 0 Å². The van der Waals surface area contributed by atoms with Crippen molar-refractivity contribution >= 4 is 0 Å². The van der Waals surface area contributed by atoms with E-state index >= 15 is 0 Å². The zero-order valence-corrected chi connectivity index (χ0v) is 5.86. The van der Waals surface area contributed by atoms with E-state index in [4.69, 9.17) is 5.11 Å². The summed E-state index contributed by atoms with van der Waals surface area (Å²) in [6.07, 6.45) is -4.76. The predicted molar refractivity (Wildman–Crippen MR) is 33.1 cm³/mol. The second-order valence-electron chi connectivity index (χ2n) is 2.68. The molecule has 1 aliphatic heterocycles. The third-order valence-electron chi connectivity index (χ3n) is 1.78. The molecule has 0 amide bonds. The van der Waals surface area contributed by atoms with Gasteiger partial charge in [-0.1, -0.05) is 0 Å². The van der Waals surface area contributed by atoms with Gasteiger partial charge in [0.05, 0.1) is 6.10 Å². The van der Waals surface area contributed by atoms with Crippen LogP contribution in [-0.4, -0.2) is 30.0 Å². The van der Waals surface area contributed by atoms with Gasteiger partial charge in [0.25, 0.3) is 0 Å². The fourth-order valence-corrected chi connectivity index (χ4v) is 1.21. The van der Waals surface area contributed by atoms with Crippen LogP contribution in [0.25, 0.3) is 0 Å². The molecule has 0 aromatic heterocycles. The highest BCUT2D eigenvalue weighted by Gasteiger charge is 2.44. The summed E-state index contributed by atoms with van der Waals surface area (Å²) in [6, 6.07) is -1.73. The van der Waals surface area contributed by atoms with Crippen LogP contribution in [0.4, 0.5) is 13.2 Å². The maximum atomic E-state index is 12.0. The monoisotopic (exact) mass is 169 g/mol. The Hall–Kier alpha value is -0.290. The minimum absolute atomic E-state index is 0.233. The largest absolute Gasteiger partial charge is 0.406 e. The van der Waals surface area contributed by atoms with Gasteiger partial charge in [0, 0.05) is 0 Å². The summed E-state index contributed by atoms with van der Waals surface area (Å²) < 4.78 is 35.9. The van der Waals surface area contributed by atoms with Crippen molar-refractivity contribution in [3.8, 4) is 0 Å². The lowest BCUT2D eigenvalue weighted by atomic mass is 10.0. The standard InChI is InChI=1S/C6H10F3NO/c7-6(8,9)5-4(11)2-1-3-10-5/h4-5,10-11H,1-3H2/t4-,5-/m0/s1. The van der Waals surface area contributed by atoms with Crippen molar-refractivity contribution in [2.75, 3.05) is 6.54 Å². The van der Waals surface area contributed by atoms with Gasteiger partial charge in [-0.3, -0.25) is 0 Å². The number of nitrogens with one attached hydrogen (secondary N) is 1. The lowest BCUT2D eigenvalue weighted by Gasteiger charge is -2.30. The van der Waals surface area contributed by atoms with Crippen molar-refractivity contribution in [3.63, 3.8) is 0 Å². The Kier molecular flexibility index (Phi) is 2.39. The first-order valence-corrected chi connectivity index (χ1v) is 3.50. The molecule has 1 aliphatic rings. The van der Waals surface area contributed by atoms with E-state index in [1.807, 2.05) is 0 Å².